The first kappa shape index (κ1) is 15.5. The van der Waals surface area contributed by atoms with E-state index >= 15 is 0 Å². The van der Waals surface area contributed by atoms with Crippen LogP contribution in [0.1, 0.15) is 12.6 Å². The molecule has 112 valence electrons. The molecule has 0 saturated heterocycles. The van der Waals surface area contributed by atoms with Crippen LogP contribution in [0, 0.1) is 0 Å². The average molecular weight is 305 g/mol. The largest absolute Gasteiger partial charge is 0.384 e. The molecule has 5 nitrogen and oxygen atoms in total. The summed E-state index contributed by atoms with van der Waals surface area (Å²) in [5.41, 5.74) is 1.33. The molecule has 0 spiro atoms. The predicted molar refractivity (Wildman–Crippen MR) is 83.5 cm³/mol. The number of anilines is 1. The maximum Gasteiger partial charge on any atom is 0.245 e. The first-order valence-corrected chi connectivity index (χ1v) is 8.19. The Balaban J connectivity index is 2.29. The molecule has 1 N–H and O–H groups in total. The molecule has 0 amide bonds. The maximum atomic E-state index is 12.7. The molecule has 1 heterocycles. The summed E-state index contributed by atoms with van der Waals surface area (Å²) < 4.78 is 26.7. The van der Waals surface area contributed by atoms with Gasteiger partial charge in [0.2, 0.25) is 10.0 Å². The molecule has 0 saturated carbocycles. The van der Waals surface area contributed by atoms with Gasteiger partial charge >= 0.3 is 0 Å². The van der Waals surface area contributed by atoms with Crippen LogP contribution in [0.25, 0.3) is 0 Å². The van der Waals surface area contributed by atoms with Crippen LogP contribution in [0.2, 0.25) is 0 Å². The Morgan fingerprint density at radius 1 is 1.14 bits per heavy atom. The highest BCUT2D eigenvalue weighted by atomic mass is 32.2. The first-order chi connectivity index (χ1) is 10.1. The summed E-state index contributed by atoms with van der Waals surface area (Å²) in [7, 11) is -2.00. The minimum Gasteiger partial charge on any atom is -0.384 e. The van der Waals surface area contributed by atoms with Gasteiger partial charge in [0.1, 0.15) is 4.90 Å². The number of rotatable bonds is 6. The van der Waals surface area contributed by atoms with E-state index in [-0.39, 0.29) is 11.4 Å². The second-order valence-corrected chi connectivity index (χ2v) is 6.62. The van der Waals surface area contributed by atoms with Crippen LogP contribution >= 0.6 is 0 Å². The summed E-state index contributed by atoms with van der Waals surface area (Å²) in [6, 6.07) is 12.4. The number of hydrogen-bond donors (Lipinski definition) is 1. The average Bonchev–Trinajstić information content (AvgIpc) is 2.49. The van der Waals surface area contributed by atoms with Crippen molar-refractivity contribution in [3.8, 4) is 0 Å². The van der Waals surface area contributed by atoms with Gasteiger partial charge in [-0.05, 0) is 31.2 Å². The molecule has 0 aliphatic carbocycles. The number of pyridine rings is 1. The molecule has 0 radical (unpaired) electrons. The molecule has 0 unspecified atom stereocenters. The standard InChI is InChI=1S/C15H19N3O2S/c1-3-16-14-9-4-5-10-15(14)21(19,20)18(2)12-13-8-6-7-11-17-13/h4-11,16H,3,12H2,1-2H3. The minimum atomic E-state index is -3.56. The molecule has 21 heavy (non-hydrogen) atoms. The number of nitrogens with zero attached hydrogens (tertiary/aromatic N) is 2. The van der Waals surface area contributed by atoms with Gasteiger partial charge in [-0.1, -0.05) is 18.2 Å². The van der Waals surface area contributed by atoms with E-state index in [0.29, 0.717) is 17.9 Å². The minimum absolute atomic E-state index is 0.240. The second-order valence-electron chi connectivity index (χ2n) is 4.61. The van der Waals surface area contributed by atoms with Crippen molar-refractivity contribution in [2.75, 3.05) is 18.9 Å². The highest BCUT2D eigenvalue weighted by Gasteiger charge is 2.23. The second kappa shape index (κ2) is 6.69. The molecule has 0 atom stereocenters. The van der Waals surface area contributed by atoms with Gasteiger partial charge in [-0.25, -0.2) is 8.42 Å². The number of sulfonamides is 1. The Morgan fingerprint density at radius 3 is 2.52 bits per heavy atom. The SMILES string of the molecule is CCNc1ccccc1S(=O)(=O)N(C)Cc1ccccn1. The van der Waals surface area contributed by atoms with E-state index in [1.807, 2.05) is 25.1 Å². The predicted octanol–water partition coefficient (Wildman–Crippen LogP) is 2.33. The number of para-hydroxylation sites is 1. The Hall–Kier alpha value is -1.92. The molecular weight excluding hydrogens is 286 g/mol. The lowest BCUT2D eigenvalue weighted by Gasteiger charge is -2.19. The lowest BCUT2D eigenvalue weighted by atomic mass is 10.3. The van der Waals surface area contributed by atoms with Crippen LogP contribution in [-0.4, -0.2) is 31.3 Å². The highest BCUT2D eigenvalue weighted by Crippen LogP contribution is 2.24. The fourth-order valence-electron chi connectivity index (χ4n) is 2.00. The lowest BCUT2D eigenvalue weighted by molar-refractivity contribution is 0.462. The van der Waals surface area contributed by atoms with Crippen LogP contribution in [0.5, 0.6) is 0 Å². The molecule has 0 bridgehead atoms. The molecule has 0 aliphatic heterocycles. The van der Waals surface area contributed by atoms with Crippen molar-refractivity contribution in [1.82, 2.24) is 9.29 Å². The van der Waals surface area contributed by atoms with E-state index in [0.717, 1.165) is 0 Å². The lowest BCUT2D eigenvalue weighted by Crippen LogP contribution is -2.27. The summed E-state index contributed by atoms with van der Waals surface area (Å²) in [4.78, 5) is 4.45. The molecule has 1 aromatic carbocycles. The van der Waals surface area contributed by atoms with Crippen LogP contribution in [0.4, 0.5) is 5.69 Å². The van der Waals surface area contributed by atoms with Crippen LogP contribution in [0.3, 0.4) is 0 Å². The van der Waals surface area contributed by atoms with Crippen LogP contribution in [-0.2, 0) is 16.6 Å². The van der Waals surface area contributed by atoms with Gasteiger partial charge in [0.25, 0.3) is 0 Å². The first-order valence-electron chi connectivity index (χ1n) is 6.75. The van der Waals surface area contributed by atoms with Crippen molar-refractivity contribution in [2.24, 2.45) is 0 Å². The zero-order chi connectivity index (χ0) is 15.3. The molecule has 0 aliphatic rings. The molecule has 2 aromatic rings. The van der Waals surface area contributed by atoms with Gasteiger partial charge in [-0.2, -0.15) is 4.31 Å². The highest BCUT2D eigenvalue weighted by molar-refractivity contribution is 7.89. The summed E-state index contributed by atoms with van der Waals surface area (Å²) in [5, 5.41) is 3.08. The fourth-order valence-corrected chi connectivity index (χ4v) is 3.31. The summed E-state index contributed by atoms with van der Waals surface area (Å²) in [6.45, 7) is 2.83. The van der Waals surface area contributed by atoms with Crippen molar-refractivity contribution in [2.45, 2.75) is 18.4 Å². The summed E-state index contributed by atoms with van der Waals surface area (Å²) in [6.07, 6.45) is 1.66. The van der Waals surface area contributed by atoms with Crippen molar-refractivity contribution in [1.29, 1.82) is 0 Å². The number of nitrogens with one attached hydrogen (secondary N) is 1. The number of hydrogen-bond acceptors (Lipinski definition) is 4. The maximum absolute atomic E-state index is 12.7. The quantitative estimate of drug-likeness (QED) is 0.890. The normalized spacial score (nSPS) is 11.6. The van der Waals surface area contributed by atoms with Crippen molar-refractivity contribution < 1.29 is 8.42 Å². The van der Waals surface area contributed by atoms with Gasteiger partial charge < -0.3 is 5.32 Å². The number of aromatic nitrogens is 1. The van der Waals surface area contributed by atoms with Gasteiger partial charge in [-0.3, -0.25) is 4.98 Å². The zero-order valence-corrected chi connectivity index (χ0v) is 13.0. The smallest absolute Gasteiger partial charge is 0.245 e. The third-order valence-electron chi connectivity index (χ3n) is 3.05. The van der Waals surface area contributed by atoms with Crippen molar-refractivity contribution in [3.63, 3.8) is 0 Å². The zero-order valence-electron chi connectivity index (χ0n) is 12.2. The van der Waals surface area contributed by atoms with Crippen LogP contribution < -0.4 is 5.32 Å². The van der Waals surface area contributed by atoms with Gasteiger partial charge in [0.15, 0.2) is 0 Å². The third-order valence-corrected chi connectivity index (χ3v) is 4.91. The molecule has 2 rings (SSSR count). The van der Waals surface area contributed by atoms with E-state index < -0.39 is 10.0 Å². The number of benzene rings is 1. The molecule has 1 aromatic heterocycles. The third kappa shape index (κ3) is 3.59. The van der Waals surface area contributed by atoms with Crippen molar-refractivity contribution >= 4 is 15.7 Å². The van der Waals surface area contributed by atoms with E-state index in [2.05, 4.69) is 10.3 Å². The summed E-state index contributed by atoms with van der Waals surface area (Å²) in [5.74, 6) is 0. The topological polar surface area (TPSA) is 62.3 Å². The van der Waals surface area contributed by atoms with Gasteiger partial charge in [0, 0.05) is 19.8 Å². The molecular formula is C15H19N3O2S. The van der Waals surface area contributed by atoms with Crippen LogP contribution in [0.15, 0.2) is 53.6 Å². The fraction of sp³-hybridized carbons (Fsp3) is 0.267. The van der Waals surface area contributed by atoms with E-state index in [1.165, 1.54) is 4.31 Å². The summed E-state index contributed by atoms with van der Waals surface area (Å²) >= 11 is 0. The van der Waals surface area contributed by atoms with Crippen molar-refractivity contribution in [3.05, 3.63) is 54.4 Å². The van der Waals surface area contributed by atoms with E-state index in [9.17, 15) is 8.42 Å². The monoisotopic (exact) mass is 305 g/mol. The Labute approximate surface area is 125 Å². The Kier molecular flexibility index (Phi) is 4.93. The van der Waals surface area contributed by atoms with E-state index in [1.54, 1.807) is 37.5 Å². The van der Waals surface area contributed by atoms with Gasteiger partial charge in [-0.15, -0.1) is 0 Å². The molecule has 6 heteroatoms. The Morgan fingerprint density at radius 2 is 1.86 bits per heavy atom. The Bertz CT molecular complexity index is 687. The van der Waals surface area contributed by atoms with E-state index in [4.69, 9.17) is 0 Å². The van der Waals surface area contributed by atoms with Gasteiger partial charge in [0.05, 0.1) is 17.9 Å². The molecule has 0 fully saturated rings.